The Morgan fingerprint density at radius 3 is 2.85 bits per heavy atom. The molecule has 0 aromatic heterocycles. The molecular formula is C15H22ClN3S. The van der Waals surface area contributed by atoms with E-state index in [0.717, 1.165) is 42.3 Å². The number of hydrogen-bond acceptors (Lipinski definition) is 3. The van der Waals surface area contributed by atoms with Gasteiger partial charge < -0.3 is 10.6 Å². The van der Waals surface area contributed by atoms with Gasteiger partial charge in [-0.2, -0.15) is 0 Å². The maximum absolute atomic E-state index is 6.36. The first-order valence-corrected chi connectivity index (χ1v) is 7.77. The minimum Gasteiger partial charge on any atom is -0.389 e. The number of nitrogens with zero attached hydrogens (tertiary/aromatic N) is 2. The molecule has 1 aliphatic heterocycles. The van der Waals surface area contributed by atoms with Gasteiger partial charge in [0.25, 0.3) is 0 Å². The average Bonchev–Trinajstić information content (AvgIpc) is 2.53. The zero-order chi connectivity index (χ0) is 14.7. The van der Waals surface area contributed by atoms with Gasteiger partial charge >= 0.3 is 0 Å². The number of rotatable bonds is 3. The van der Waals surface area contributed by atoms with Crippen LogP contribution in [0.15, 0.2) is 18.2 Å². The standard InChI is InChI=1S/C15H22ClN3S/c1-11-9-18(2)6-3-7-19(11)10-13-5-4-12(15(17)20)8-14(13)16/h4-5,8,11H,3,6-7,9-10H2,1-2H3,(H2,17,20). The van der Waals surface area contributed by atoms with Crippen LogP contribution in [0.25, 0.3) is 0 Å². The first kappa shape index (κ1) is 15.7. The van der Waals surface area contributed by atoms with Crippen molar-refractivity contribution in [2.24, 2.45) is 5.73 Å². The number of halogens is 1. The largest absolute Gasteiger partial charge is 0.389 e. The summed E-state index contributed by atoms with van der Waals surface area (Å²) in [5.74, 6) is 0. The van der Waals surface area contributed by atoms with E-state index >= 15 is 0 Å². The van der Waals surface area contributed by atoms with E-state index in [2.05, 4.69) is 23.8 Å². The lowest BCUT2D eigenvalue weighted by molar-refractivity contribution is 0.194. The number of benzene rings is 1. The molecule has 1 heterocycles. The van der Waals surface area contributed by atoms with E-state index in [4.69, 9.17) is 29.6 Å². The first-order valence-electron chi connectivity index (χ1n) is 6.98. The van der Waals surface area contributed by atoms with Crippen molar-refractivity contribution in [3.8, 4) is 0 Å². The summed E-state index contributed by atoms with van der Waals surface area (Å²) in [5, 5.41) is 0.750. The molecule has 1 fully saturated rings. The molecule has 0 bridgehead atoms. The van der Waals surface area contributed by atoms with Gasteiger partial charge in [0.05, 0.1) is 0 Å². The molecule has 110 valence electrons. The maximum atomic E-state index is 6.36. The van der Waals surface area contributed by atoms with Gasteiger partial charge in [-0.15, -0.1) is 0 Å². The van der Waals surface area contributed by atoms with Crippen LogP contribution in [-0.4, -0.2) is 47.5 Å². The van der Waals surface area contributed by atoms with Crippen LogP contribution >= 0.6 is 23.8 Å². The van der Waals surface area contributed by atoms with Gasteiger partial charge in [0.15, 0.2) is 0 Å². The molecule has 1 atom stereocenters. The molecule has 5 heteroatoms. The third-order valence-corrected chi connectivity index (χ3v) is 4.48. The lowest BCUT2D eigenvalue weighted by Gasteiger charge is -2.28. The summed E-state index contributed by atoms with van der Waals surface area (Å²) in [7, 11) is 2.18. The molecule has 1 saturated heterocycles. The van der Waals surface area contributed by atoms with Gasteiger partial charge in [-0.3, -0.25) is 4.90 Å². The summed E-state index contributed by atoms with van der Waals surface area (Å²) < 4.78 is 0. The fourth-order valence-corrected chi connectivity index (χ4v) is 3.07. The van der Waals surface area contributed by atoms with Crippen LogP contribution < -0.4 is 5.73 Å². The Hall–Kier alpha value is -0.680. The van der Waals surface area contributed by atoms with Crippen LogP contribution in [0.2, 0.25) is 5.02 Å². The van der Waals surface area contributed by atoms with Crippen molar-refractivity contribution in [3.63, 3.8) is 0 Å². The highest BCUT2D eigenvalue weighted by atomic mass is 35.5. The lowest BCUT2D eigenvalue weighted by Crippen LogP contribution is -2.37. The third kappa shape index (κ3) is 3.92. The Kier molecular flexibility index (Phi) is 5.38. The monoisotopic (exact) mass is 311 g/mol. The fourth-order valence-electron chi connectivity index (χ4n) is 2.70. The van der Waals surface area contributed by atoms with Crippen LogP contribution in [0, 0.1) is 0 Å². The van der Waals surface area contributed by atoms with Gasteiger partial charge in [0.2, 0.25) is 0 Å². The normalized spacial score (nSPS) is 21.6. The molecule has 2 N–H and O–H groups in total. The number of nitrogens with two attached hydrogens (primary N) is 1. The van der Waals surface area contributed by atoms with E-state index in [0.29, 0.717) is 11.0 Å². The Morgan fingerprint density at radius 1 is 1.45 bits per heavy atom. The highest BCUT2D eigenvalue weighted by Crippen LogP contribution is 2.21. The van der Waals surface area contributed by atoms with E-state index in [1.165, 1.54) is 6.42 Å². The van der Waals surface area contributed by atoms with Crippen LogP contribution in [0.3, 0.4) is 0 Å². The predicted molar refractivity (Wildman–Crippen MR) is 89.3 cm³/mol. The van der Waals surface area contributed by atoms with Crippen LogP contribution in [0.4, 0.5) is 0 Å². The van der Waals surface area contributed by atoms with Crippen molar-refractivity contribution in [1.82, 2.24) is 9.80 Å². The van der Waals surface area contributed by atoms with Crippen molar-refractivity contribution in [1.29, 1.82) is 0 Å². The molecule has 2 rings (SSSR count). The van der Waals surface area contributed by atoms with Crippen LogP contribution in [0.5, 0.6) is 0 Å². The molecule has 0 spiro atoms. The number of hydrogen-bond donors (Lipinski definition) is 1. The molecule has 1 aromatic rings. The topological polar surface area (TPSA) is 32.5 Å². The lowest BCUT2D eigenvalue weighted by atomic mass is 10.1. The SMILES string of the molecule is CC1CN(C)CCCN1Cc1ccc(C(N)=S)cc1Cl. The van der Waals surface area contributed by atoms with Gasteiger partial charge in [-0.25, -0.2) is 0 Å². The molecule has 0 radical (unpaired) electrons. The molecule has 0 amide bonds. The summed E-state index contributed by atoms with van der Waals surface area (Å²) >= 11 is 11.3. The van der Waals surface area contributed by atoms with E-state index in [9.17, 15) is 0 Å². The van der Waals surface area contributed by atoms with E-state index in [1.54, 1.807) is 0 Å². The fraction of sp³-hybridized carbons (Fsp3) is 0.533. The first-order chi connectivity index (χ1) is 9.47. The molecule has 0 aliphatic carbocycles. The molecule has 3 nitrogen and oxygen atoms in total. The molecule has 1 unspecified atom stereocenters. The van der Waals surface area contributed by atoms with E-state index in [-0.39, 0.29) is 0 Å². The van der Waals surface area contributed by atoms with Gasteiger partial charge in [0, 0.05) is 36.3 Å². The summed E-state index contributed by atoms with van der Waals surface area (Å²) in [6.45, 7) is 6.53. The van der Waals surface area contributed by atoms with Crippen molar-refractivity contribution in [2.75, 3.05) is 26.7 Å². The minimum absolute atomic E-state index is 0.392. The summed E-state index contributed by atoms with van der Waals surface area (Å²) in [6, 6.07) is 6.40. The highest BCUT2D eigenvalue weighted by Gasteiger charge is 2.20. The van der Waals surface area contributed by atoms with Crippen molar-refractivity contribution < 1.29 is 0 Å². The molecular weight excluding hydrogens is 290 g/mol. The second-order valence-electron chi connectivity index (χ2n) is 5.61. The molecule has 0 saturated carbocycles. The Balaban J connectivity index is 2.11. The molecule has 1 aliphatic rings. The summed E-state index contributed by atoms with van der Waals surface area (Å²) in [4.78, 5) is 5.27. The van der Waals surface area contributed by atoms with Gasteiger partial charge in [-0.05, 0) is 38.6 Å². The molecule has 1 aromatic carbocycles. The summed E-state index contributed by atoms with van der Waals surface area (Å²) in [6.07, 6.45) is 1.20. The summed E-state index contributed by atoms with van der Waals surface area (Å²) in [5.41, 5.74) is 7.60. The minimum atomic E-state index is 0.392. The second-order valence-corrected chi connectivity index (χ2v) is 6.45. The van der Waals surface area contributed by atoms with Crippen molar-refractivity contribution in [2.45, 2.75) is 25.9 Å². The van der Waals surface area contributed by atoms with Crippen LogP contribution in [-0.2, 0) is 6.54 Å². The number of thiocarbonyl (C=S) groups is 1. The van der Waals surface area contributed by atoms with E-state index < -0.39 is 0 Å². The Labute approximate surface area is 131 Å². The zero-order valence-electron chi connectivity index (χ0n) is 12.1. The third-order valence-electron chi connectivity index (χ3n) is 3.90. The molecule has 20 heavy (non-hydrogen) atoms. The maximum Gasteiger partial charge on any atom is 0.104 e. The predicted octanol–water partition coefficient (Wildman–Crippen LogP) is 2.50. The highest BCUT2D eigenvalue weighted by molar-refractivity contribution is 7.80. The zero-order valence-corrected chi connectivity index (χ0v) is 13.7. The van der Waals surface area contributed by atoms with Gasteiger partial charge in [0.1, 0.15) is 4.99 Å². The Bertz CT molecular complexity index is 492. The van der Waals surface area contributed by atoms with Gasteiger partial charge in [-0.1, -0.05) is 36.0 Å². The average molecular weight is 312 g/mol. The van der Waals surface area contributed by atoms with Crippen molar-refractivity contribution >= 4 is 28.8 Å². The smallest absolute Gasteiger partial charge is 0.104 e. The van der Waals surface area contributed by atoms with Crippen LogP contribution in [0.1, 0.15) is 24.5 Å². The van der Waals surface area contributed by atoms with E-state index in [1.807, 2.05) is 18.2 Å². The quantitative estimate of drug-likeness (QED) is 0.869. The number of likely N-dealkylation sites (N-methyl/N-ethyl adjacent to an activating group) is 1. The Morgan fingerprint density at radius 2 is 2.20 bits per heavy atom. The van der Waals surface area contributed by atoms with Crippen molar-refractivity contribution in [3.05, 3.63) is 34.3 Å². The second kappa shape index (κ2) is 6.85.